The van der Waals surface area contributed by atoms with Crippen LogP contribution in [0.15, 0.2) is 112 Å². The maximum absolute atomic E-state index is 13.2. The molecule has 0 bridgehead atoms. The molecule has 0 amide bonds. The molecule has 6 rings (SSSR count). The molecule has 0 aliphatic rings. The van der Waals surface area contributed by atoms with Gasteiger partial charge in [0.15, 0.2) is 34.9 Å². The van der Waals surface area contributed by atoms with E-state index in [9.17, 15) is 33.9 Å². The molecule has 0 aliphatic heterocycles. The number of hydrogen-bond donors (Lipinski definition) is 3. The third kappa shape index (κ3) is 10.4. The van der Waals surface area contributed by atoms with Gasteiger partial charge in [0.25, 0.3) is 0 Å². The van der Waals surface area contributed by atoms with Crippen molar-refractivity contribution in [2.45, 2.75) is 51.4 Å². The monoisotopic (exact) mass is 784 g/mol. The van der Waals surface area contributed by atoms with E-state index in [1.807, 2.05) is 30.3 Å². The second kappa shape index (κ2) is 18.4. The fourth-order valence-electron chi connectivity index (χ4n) is 6.00. The maximum Gasteiger partial charge on any atom is 0.311 e. The topological polar surface area (TPSA) is 224 Å². The smallest absolute Gasteiger partial charge is 0.311 e. The molecule has 2 heterocycles. The number of aromatic nitrogens is 2. The largest absolute Gasteiger partial charge is 0.481 e. The van der Waals surface area contributed by atoms with Gasteiger partial charge in [-0.15, -0.1) is 0 Å². The van der Waals surface area contributed by atoms with Crippen LogP contribution in [0.4, 0.5) is 0 Å². The van der Waals surface area contributed by atoms with Crippen LogP contribution in [0.2, 0.25) is 0 Å². The van der Waals surface area contributed by atoms with E-state index in [1.54, 1.807) is 72.8 Å². The number of ether oxygens (including phenoxy) is 1. The summed E-state index contributed by atoms with van der Waals surface area (Å²) in [4.78, 5) is 80.8. The Morgan fingerprint density at radius 3 is 1.66 bits per heavy atom. The quantitative estimate of drug-likeness (QED) is 0.0402. The molecule has 4 aromatic carbocycles. The SMILES string of the molecule is O=C(O)CCC(=O)c1ccc(-c2nc(CCC(=O)Oc3cccc(-c4oc(CCC(=O)O)nc4-c4cccc(C(=O)CCC(=O)O)c4)c3)oc2-c2ccccc2)cc1. The maximum atomic E-state index is 13.2. The van der Waals surface area contributed by atoms with Crippen molar-refractivity contribution >= 4 is 35.4 Å². The molecule has 58 heavy (non-hydrogen) atoms. The van der Waals surface area contributed by atoms with Crippen molar-refractivity contribution in [2.75, 3.05) is 0 Å². The molecule has 0 radical (unpaired) electrons. The molecule has 0 spiro atoms. The summed E-state index contributed by atoms with van der Waals surface area (Å²) in [6, 6.07) is 28.8. The molecule has 0 unspecified atom stereocenters. The van der Waals surface area contributed by atoms with Crippen molar-refractivity contribution in [1.29, 1.82) is 0 Å². The number of carboxylic acid groups (broad SMARTS) is 3. The van der Waals surface area contributed by atoms with E-state index in [-0.39, 0.29) is 91.8 Å². The lowest BCUT2D eigenvalue weighted by Gasteiger charge is -2.07. The van der Waals surface area contributed by atoms with Crippen molar-refractivity contribution in [3.05, 3.63) is 126 Å². The van der Waals surface area contributed by atoms with Gasteiger partial charge in [-0.25, -0.2) is 9.97 Å². The van der Waals surface area contributed by atoms with Gasteiger partial charge in [0.1, 0.15) is 17.1 Å². The third-order valence-electron chi connectivity index (χ3n) is 8.87. The average molecular weight is 785 g/mol. The summed E-state index contributed by atoms with van der Waals surface area (Å²) in [7, 11) is 0. The number of carbonyl (C=O) groups is 6. The lowest BCUT2D eigenvalue weighted by atomic mass is 10.0. The number of rotatable bonds is 19. The van der Waals surface area contributed by atoms with Crippen LogP contribution < -0.4 is 4.74 Å². The van der Waals surface area contributed by atoms with E-state index in [0.717, 1.165) is 5.56 Å². The zero-order valence-corrected chi connectivity index (χ0v) is 30.9. The van der Waals surface area contributed by atoms with E-state index in [2.05, 4.69) is 9.97 Å². The molecule has 0 aliphatic carbocycles. The van der Waals surface area contributed by atoms with Crippen molar-refractivity contribution in [3.8, 4) is 50.9 Å². The minimum absolute atomic E-state index is 0.0116. The van der Waals surface area contributed by atoms with Gasteiger partial charge in [-0.1, -0.05) is 84.9 Å². The summed E-state index contributed by atoms with van der Waals surface area (Å²) in [5.41, 5.74) is 3.77. The molecule has 294 valence electrons. The summed E-state index contributed by atoms with van der Waals surface area (Å²) >= 11 is 0. The van der Waals surface area contributed by atoms with Gasteiger partial charge in [-0.05, 0) is 18.2 Å². The lowest BCUT2D eigenvalue weighted by Crippen LogP contribution is -2.09. The van der Waals surface area contributed by atoms with Crippen LogP contribution in [0.1, 0.15) is 71.0 Å². The molecule has 2 aromatic heterocycles. The Hall–Kier alpha value is -7.48. The van der Waals surface area contributed by atoms with Gasteiger partial charge < -0.3 is 28.9 Å². The fourth-order valence-corrected chi connectivity index (χ4v) is 6.00. The Labute approximate surface area is 330 Å². The normalized spacial score (nSPS) is 10.9. The van der Waals surface area contributed by atoms with Crippen molar-refractivity contribution in [2.24, 2.45) is 0 Å². The fraction of sp³-hybridized carbons (Fsp3) is 0.182. The molecule has 0 atom stereocenters. The predicted octanol–water partition coefficient (Wildman–Crippen LogP) is 7.98. The predicted molar refractivity (Wildman–Crippen MR) is 207 cm³/mol. The van der Waals surface area contributed by atoms with Crippen LogP contribution in [-0.4, -0.2) is 60.7 Å². The van der Waals surface area contributed by atoms with Gasteiger partial charge in [0, 0.05) is 59.1 Å². The Bertz CT molecular complexity index is 2480. The standard InChI is InChI=1S/C44H36N2O12/c47-33(16-20-37(49)50)26-12-14-27(15-13-26)41-43(28-6-2-1-3-7-28)57-36(45-41)19-23-40(55)56-32-11-5-10-31(25-32)44-42(46-35(58-44)18-22-39(53)54)30-9-4-8-29(24-30)34(48)17-21-38(51)52/h1-15,24-25H,16-23H2,(H,49,50)(H,51,52)(H,53,54). The van der Waals surface area contributed by atoms with Crippen LogP contribution in [0, 0.1) is 0 Å². The zero-order valence-electron chi connectivity index (χ0n) is 30.9. The van der Waals surface area contributed by atoms with Crippen LogP contribution >= 0.6 is 0 Å². The van der Waals surface area contributed by atoms with E-state index < -0.39 is 23.9 Å². The number of aryl methyl sites for hydroxylation is 2. The second-order valence-corrected chi connectivity index (χ2v) is 13.1. The first-order valence-corrected chi connectivity index (χ1v) is 18.2. The lowest BCUT2D eigenvalue weighted by molar-refractivity contribution is -0.138. The first-order chi connectivity index (χ1) is 27.9. The first kappa shape index (κ1) is 40.2. The highest BCUT2D eigenvalue weighted by atomic mass is 16.5. The Balaban J connectivity index is 1.20. The number of ketones is 2. The van der Waals surface area contributed by atoms with E-state index in [1.165, 1.54) is 0 Å². The number of carbonyl (C=O) groups excluding carboxylic acids is 3. The van der Waals surface area contributed by atoms with Crippen LogP contribution in [-0.2, 0) is 32.0 Å². The molecule has 14 nitrogen and oxygen atoms in total. The minimum Gasteiger partial charge on any atom is -0.481 e. The van der Waals surface area contributed by atoms with E-state index >= 15 is 0 Å². The Morgan fingerprint density at radius 1 is 0.483 bits per heavy atom. The molecule has 3 N–H and O–H groups in total. The van der Waals surface area contributed by atoms with Gasteiger partial charge in [-0.3, -0.25) is 28.8 Å². The van der Waals surface area contributed by atoms with Crippen molar-refractivity contribution in [1.82, 2.24) is 9.97 Å². The van der Waals surface area contributed by atoms with Gasteiger partial charge >= 0.3 is 23.9 Å². The molecule has 14 heteroatoms. The van der Waals surface area contributed by atoms with E-state index in [4.69, 9.17) is 23.8 Å². The van der Waals surface area contributed by atoms with Gasteiger partial charge in [0.05, 0.1) is 25.7 Å². The van der Waals surface area contributed by atoms with Crippen molar-refractivity contribution < 1.29 is 57.7 Å². The summed E-state index contributed by atoms with van der Waals surface area (Å²) < 4.78 is 17.9. The number of benzene rings is 4. The highest BCUT2D eigenvalue weighted by Gasteiger charge is 2.22. The molecule has 6 aromatic rings. The summed E-state index contributed by atoms with van der Waals surface area (Å²) in [6.07, 6.45) is -1.17. The molecular formula is C44H36N2O12. The summed E-state index contributed by atoms with van der Waals surface area (Å²) in [6.45, 7) is 0. The van der Waals surface area contributed by atoms with Crippen LogP contribution in [0.25, 0.3) is 45.2 Å². The summed E-state index contributed by atoms with van der Waals surface area (Å²) in [5.74, 6) is -3.15. The zero-order chi connectivity index (χ0) is 41.2. The highest BCUT2D eigenvalue weighted by molar-refractivity contribution is 5.99. The number of carboxylic acids is 3. The summed E-state index contributed by atoms with van der Waals surface area (Å²) in [5, 5.41) is 27.2. The number of oxazole rings is 2. The first-order valence-electron chi connectivity index (χ1n) is 18.2. The number of Topliss-reactive ketones (excluding diaryl/α,β-unsaturated/α-hetero) is 2. The average Bonchev–Trinajstić information content (AvgIpc) is 3.86. The number of esters is 1. The molecular weight excluding hydrogens is 748 g/mol. The van der Waals surface area contributed by atoms with Crippen molar-refractivity contribution in [3.63, 3.8) is 0 Å². The Kier molecular flexibility index (Phi) is 12.8. The minimum atomic E-state index is -1.09. The molecule has 0 fully saturated rings. The number of hydrogen-bond acceptors (Lipinski definition) is 11. The number of aliphatic carboxylic acids is 3. The Morgan fingerprint density at radius 2 is 1.02 bits per heavy atom. The number of nitrogens with zero attached hydrogens (tertiary/aromatic N) is 2. The molecule has 0 saturated heterocycles. The second-order valence-electron chi connectivity index (χ2n) is 13.1. The van der Waals surface area contributed by atoms with Crippen LogP contribution in [0.3, 0.4) is 0 Å². The van der Waals surface area contributed by atoms with E-state index in [0.29, 0.717) is 39.4 Å². The third-order valence-corrected chi connectivity index (χ3v) is 8.87. The highest BCUT2D eigenvalue weighted by Crippen LogP contribution is 2.36. The molecule has 0 saturated carbocycles. The van der Waals surface area contributed by atoms with Gasteiger partial charge in [-0.2, -0.15) is 0 Å². The van der Waals surface area contributed by atoms with Gasteiger partial charge in [0.2, 0.25) is 0 Å². The van der Waals surface area contributed by atoms with Crippen LogP contribution in [0.5, 0.6) is 5.75 Å².